The van der Waals surface area contributed by atoms with Crippen molar-refractivity contribution >= 4 is 28.4 Å². The molecule has 1 unspecified atom stereocenters. The molecule has 0 aliphatic rings. The Morgan fingerprint density at radius 2 is 1.84 bits per heavy atom. The Balaban J connectivity index is 1.35. The van der Waals surface area contributed by atoms with E-state index in [2.05, 4.69) is 15.5 Å². The molecule has 4 rings (SSSR count). The molecule has 1 heterocycles. The first-order chi connectivity index (χ1) is 15.5. The summed E-state index contributed by atoms with van der Waals surface area (Å²) in [6.45, 7) is 2.34. The molecule has 0 aliphatic carbocycles. The van der Waals surface area contributed by atoms with Gasteiger partial charge in [-0.25, -0.2) is 4.39 Å². The zero-order valence-electron chi connectivity index (χ0n) is 17.8. The summed E-state index contributed by atoms with van der Waals surface area (Å²) in [5.41, 5.74) is 0.629. The van der Waals surface area contributed by atoms with Gasteiger partial charge in [0.25, 0.3) is 5.91 Å². The first-order valence-electron chi connectivity index (χ1n) is 10.2. The summed E-state index contributed by atoms with van der Waals surface area (Å²) in [6.07, 6.45) is 0. The van der Waals surface area contributed by atoms with Crippen molar-refractivity contribution in [1.82, 2.24) is 20.1 Å². The molecule has 8 heteroatoms. The molecule has 0 aliphatic heterocycles. The van der Waals surface area contributed by atoms with Crippen molar-refractivity contribution < 1.29 is 13.9 Å². The summed E-state index contributed by atoms with van der Waals surface area (Å²) < 4.78 is 20.4. The van der Waals surface area contributed by atoms with E-state index in [0.29, 0.717) is 29.5 Å². The number of thioether (sulfide) groups is 1. The molecule has 0 radical (unpaired) electrons. The number of aromatic nitrogens is 3. The second kappa shape index (κ2) is 9.82. The number of rotatable bonds is 8. The Bertz CT molecular complexity index is 1220. The minimum absolute atomic E-state index is 0.154. The van der Waals surface area contributed by atoms with Crippen LogP contribution in [0.4, 0.5) is 4.39 Å². The third-order valence-electron chi connectivity index (χ3n) is 5.03. The summed E-state index contributed by atoms with van der Waals surface area (Å²) in [4.78, 5) is 12.9. The van der Waals surface area contributed by atoms with Crippen LogP contribution in [-0.2, 0) is 7.05 Å². The fraction of sp³-hybridized carbons (Fsp3) is 0.208. The third-order valence-corrected chi connectivity index (χ3v) is 6.02. The van der Waals surface area contributed by atoms with Gasteiger partial charge < -0.3 is 14.6 Å². The lowest BCUT2D eigenvalue weighted by atomic mass is 10.0. The Morgan fingerprint density at radius 3 is 2.66 bits per heavy atom. The van der Waals surface area contributed by atoms with Crippen molar-refractivity contribution in [3.8, 4) is 5.75 Å². The fourth-order valence-electron chi connectivity index (χ4n) is 3.41. The number of nitrogens with zero attached hydrogens (tertiary/aromatic N) is 3. The molecular weight excluding hydrogens is 427 g/mol. The average molecular weight is 451 g/mol. The van der Waals surface area contributed by atoms with E-state index in [9.17, 15) is 9.18 Å². The van der Waals surface area contributed by atoms with Crippen LogP contribution in [0.2, 0.25) is 0 Å². The second-order valence-electron chi connectivity index (χ2n) is 7.27. The highest BCUT2D eigenvalue weighted by Crippen LogP contribution is 2.22. The van der Waals surface area contributed by atoms with E-state index in [1.807, 2.05) is 61.0 Å². The first kappa shape index (κ1) is 21.8. The van der Waals surface area contributed by atoms with Crippen LogP contribution in [0.15, 0.2) is 71.9 Å². The van der Waals surface area contributed by atoms with Gasteiger partial charge in [0.2, 0.25) is 0 Å². The second-order valence-corrected chi connectivity index (χ2v) is 8.33. The molecule has 1 N–H and O–H groups in total. The van der Waals surface area contributed by atoms with E-state index in [1.54, 1.807) is 12.1 Å². The monoisotopic (exact) mass is 450 g/mol. The number of carbonyl (C=O) groups excluding carboxylic acids is 1. The molecule has 0 spiro atoms. The fourth-order valence-corrected chi connectivity index (χ4v) is 4.15. The van der Waals surface area contributed by atoms with Gasteiger partial charge in [-0.2, -0.15) is 0 Å². The standard InChI is InChI=1S/C24H23FN4O2S/c1-16(26-23(30)21-9-5-7-17-6-3-4-8-20(17)21)22-27-28-24(29(22)2)32-15-14-31-19-12-10-18(25)11-13-19/h3-13,16H,14-15H2,1-2H3,(H,26,30). The van der Waals surface area contributed by atoms with Gasteiger partial charge in [0, 0.05) is 18.4 Å². The lowest BCUT2D eigenvalue weighted by Crippen LogP contribution is -2.28. The van der Waals surface area contributed by atoms with Crippen molar-refractivity contribution in [3.63, 3.8) is 0 Å². The van der Waals surface area contributed by atoms with E-state index in [4.69, 9.17) is 4.74 Å². The Hall–Kier alpha value is -3.39. The smallest absolute Gasteiger partial charge is 0.252 e. The SMILES string of the molecule is CC(NC(=O)c1cccc2ccccc12)c1nnc(SCCOc2ccc(F)cc2)n1C. The number of halogens is 1. The molecular formula is C24H23FN4O2S. The van der Waals surface area contributed by atoms with Crippen LogP contribution in [0.25, 0.3) is 10.8 Å². The number of ether oxygens (including phenoxy) is 1. The quantitative estimate of drug-likeness (QED) is 0.309. The van der Waals surface area contributed by atoms with E-state index < -0.39 is 0 Å². The molecule has 1 atom stereocenters. The number of carbonyl (C=O) groups is 1. The van der Waals surface area contributed by atoms with Crippen LogP contribution in [-0.4, -0.2) is 33.0 Å². The Morgan fingerprint density at radius 1 is 1.09 bits per heavy atom. The highest BCUT2D eigenvalue weighted by Gasteiger charge is 2.19. The van der Waals surface area contributed by atoms with Crippen molar-refractivity contribution in [3.05, 3.63) is 83.9 Å². The van der Waals surface area contributed by atoms with Gasteiger partial charge in [-0.3, -0.25) is 4.79 Å². The minimum atomic E-state index is -0.316. The summed E-state index contributed by atoms with van der Waals surface area (Å²) in [7, 11) is 1.87. The maximum absolute atomic E-state index is 12.9. The molecule has 0 saturated heterocycles. The third kappa shape index (κ3) is 4.91. The zero-order valence-corrected chi connectivity index (χ0v) is 18.6. The Labute approximate surface area is 189 Å². The highest BCUT2D eigenvalue weighted by molar-refractivity contribution is 7.99. The van der Waals surface area contributed by atoms with Crippen LogP contribution in [0.1, 0.15) is 29.1 Å². The number of amides is 1. The molecule has 164 valence electrons. The summed E-state index contributed by atoms with van der Waals surface area (Å²) in [5.74, 6) is 1.50. The summed E-state index contributed by atoms with van der Waals surface area (Å²) in [6, 6.07) is 19.1. The Kier molecular flexibility index (Phi) is 6.70. The molecule has 1 aromatic heterocycles. The molecule has 0 bridgehead atoms. The first-order valence-corrected chi connectivity index (χ1v) is 11.2. The van der Waals surface area contributed by atoms with E-state index in [1.165, 1.54) is 23.9 Å². The number of nitrogens with one attached hydrogen (secondary N) is 1. The summed E-state index contributed by atoms with van der Waals surface area (Å²) in [5, 5.41) is 14.2. The van der Waals surface area contributed by atoms with Crippen LogP contribution >= 0.6 is 11.8 Å². The molecule has 1 amide bonds. The van der Waals surface area contributed by atoms with Crippen LogP contribution in [0, 0.1) is 5.82 Å². The molecule has 32 heavy (non-hydrogen) atoms. The topological polar surface area (TPSA) is 69.0 Å². The molecule has 0 saturated carbocycles. The lowest BCUT2D eigenvalue weighted by Gasteiger charge is -2.14. The van der Waals surface area contributed by atoms with Crippen molar-refractivity contribution in [1.29, 1.82) is 0 Å². The largest absolute Gasteiger partial charge is 0.493 e. The number of hydrogen-bond acceptors (Lipinski definition) is 5. The van der Waals surface area contributed by atoms with E-state index in [0.717, 1.165) is 15.9 Å². The lowest BCUT2D eigenvalue weighted by molar-refractivity contribution is 0.0939. The number of hydrogen-bond donors (Lipinski definition) is 1. The predicted octanol–water partition coefficient (Wildman–Crippen LogP) is 4.77. The van der Waals surface area contributed by atoms with Crippen LogP contribution in [0.5, 0.6) is 5.75 Å². The van der Waals surface area contributed by atoms with Gasteiger partial charge in [-0.05, 0) is 48.0 Å². The van der Waals surface area contributed by atoms with Gasteiger partial charge in [-0.1, -0.05) is 48.2 Å². The normalized spacial score (nSPS) is 12.0. The van der Waals surface area contributed by atoms with Crippen LogP contribution < -0.4 is 10.1 Å². The minimum Gasteiger partial charge on any atom is -0.493 e. The van der Waals surface area contributed by atoms with Gasteiger partial charge in [0.1, 0.15) is 11.6 Å². The molecule has 6 nitrogen and oxygen atoms in total. The van der Waals surface area contributed by atoms with Gasteiger partial charge in [0.05, 0.1) is 12.6 Å². The number of fused-ring (bicyclic) bond motifs is 1. The molecule has 4 aromatic rings. The highest BCUT2D eigenvalue weighted by atomic mass is 32.2. The van der Waals surface area contributed by atoms with Crippen molar-refractivity contribution in [2.75, 3.05) is 12.4 Å². The average Bonchev–Trinajstić information content (AvgIpc) is 3.17. The van der Waals surface area contributed by atoms with E-state index in [-0.39, 0.29) is 17.8 Å². The van der Waals surface area contributed by atoms with E-state index >= 15 is 0 Å². The zero-order chi connectivity index (χ0) is 22.5. The summed E-state index contributed by atoms with van der Waals surface area (Å²) >= 11 is 1.50. The predicted molar refractivity (Wildman–Crippen MR) is 123 cm³/mol. The van der Waals surface area contributed by atoms with Crippen LogP contribution in [0.3, 0.4) is 0 Å². The van der Waals surface area contributed by atoms with Gasteiger partial charge in [-0.15, -0.1) is 10.2 Å². The maximum Gasteiger partial charge on any atom is 0.252 e. The van der Waals surface area contributed by atoms with Gasteiger partial charge in [0.15, 0.2) is 11.0 Å². The molecule has 0 fully saturated rings. The molecule has 3 aromatic carbocycles. The van der Waals surface area contributed by atoms with Crippen molar-refractivity contribution in [2.45, 2.75) is 18.1 Å². The number of benzene rings is 3. The maximum atomic E-state index is 12.9. The van der Waals surface area contributed by atoms with Crippen molar-refractivity contribution in [2.24, 2.45) is 7.05 Å². The van der Waals surface area contributed by atoms with Gasteiger partial charge >= 0.3 is 0 Å².